The summed E-state index contributed by atoms with van der Waals surface area (Å²) in [4.78, 5) is 71.6. The molecule has 284 valence electrons. The van der Waals surface area contributed by atoms with Crippen molar-refractivity contribution in [2.75, 3.05) is 27.2 Å². The number of carbonyl (C=O) groups excluding carboxylic acids is 3. The van der Waals surface area contributed by atoms with Gasteiger partial charge in [-0.05, 0) is 67.7 Å². The van der Waals surface area contributed by atoms with Crippen molar-refractivity contribution in [1.29, 1.82) is 0 Å². The number of alkyl carbamates (subject to hydrolysis) is 1. The highest BCUT2D eigenvalue weighted by atomic mass is 16.5. The number of ether oxygens (including phenoxy) is 1. The van der Waals surface area contributed by atoms with Crippen molar-refractivity contribution in [3.8, 4) is 33.6 Å². The molecule has 14 nitrogen and oxygen atoms in total. The number of amides is 4. The van der Waals surface area contributed by atoms with Crippen LogP contribution < -0.4 is 5.32 Å². The van der Waals surface area contributed by atoms with Gasteiger partial charge in [0, 0.05) is 26.2 Å². The maximum Gasteiger partial charge on any atom is 0.407 e. The lowest BCUT2D eigenvalue weighted by molar-refractivity contribution is -0.139. The van der Waals surface area contributed by atoms with Crippen molar-refractivity contribution in [3.63, 3.8) is 0 Å². The zero-order chi connectivity index (χ0) is 37.9. The number of nitrogens with zero attached hydrogens (tertiary/aromatic N) is 5. The Morgan fingerprint density at radius 1 is 0.778 bits per heavy atom. The summed E-state index contributed by atoms with van der Waals surface area (Å²) in [6.45, 7) is 2.89. The molecule has 1 saturated carbocycles. The van der Waals surface area contributed by atoms with Gasteiger partial charge in [0.2, 0.25) is 11.8 Å². The molecule has 14 heteroatoms. The van der Waals surface area contributed by atoms with Crippen LogP contribution >= 0.6 is 0 Å². The molecular formula is C40H48N8O6. The topological polar surface area (TPSA) is 177 Å². The molecule has 4 amide bonds. The van der Waals surface area contributed by atoms with Gasteiger partial charge in [-0.25, -0.2) is 19.6 Å². The van der Waals surface area contributed by atoms with Gasteiger partial charge in [-0.1, -0.05) is 61.4 Å². The van der Waals surface area contributed by atoms with Gasteiger partial charge in [0.05, 0.1) is 48.9 Å². The molecule has 3 fully saturated rings. The molecule has 2 aromatic heterocycles. The van der Waals surface area contributed by atoms with E-state index >= 15 is 0 Å². The molecule has 1 aliphatic carbocycles. The predicted octanol–water partition coefficient (Wildman–Crippen LogP) is 6.37. The quantitative estimate of drug-likeness (QED) is 0.153. The minimum absolute atomic E-state index is 0.0325. The smallest absolute Gasteiger partial charge is 0.407 e. The van der Waals surface area contributed by atoms with Crippen LogP contribution in [0.5, 0.6) is 0 Å². The van der Waals surface area contributed by atoms with E-state index in [1.54, 1.807) is 25.1 Å². The van der Waals surface area contributed by atoms with Crippen LogP contribution in [0.2, 0.25) is 0 Å². The number of carboxylic acid groups (broad SMARTS) is 1. The van der Waals surface area contributed by atoms with E-state index in [-0.39, 0.29) is 35.9 Å². The highest BCUT2D eigenvalue weighted by Gasteiger charge is 2.42. The minimum Gasteiger partial charge on any atom is -0.465 e. The fraction of sp³-hybridized carbons (Fsp3) is 0.450. The lowest BCUT2D eigenvalue weighted by Crippen LogP contribution is -2.49. The van der Waals surface area contributed by atoms with Crippen molar-refractivity contribution < 1.29 is 29.0 Å². The van der Waals surface area contributed by atoms with Gasteiger partial charge in [0.1, 0.15) is 17.7 Å². The number of nitrogens with one attached hydrogen (secondary N) is 3. The second kappa shape index (κ2) is 15.7. The first-order valence-electron chi connectivity index (χ1n) is 18.8. The number of hydrogen-bond donors (Lipinski definition) is 4. The highest BCUT2D eigenvalue weighted by molar-refractivity contribution is 5.86. The second-order valence-corrected chi connectivity index (χ2v) is 14.6. The monoisotopic (exact) mass is 736 g/mol. The Morgan fingerprint density at radius 2 is 1.28 bits per heavy atom. The van der Waals surface area contributed by atoms with E-state index in [2.05, 4.69) is 61.4 Å². The molecule has 5 atom stereocenters. The van der Waals surface area contributed by atoms with Crippen molar-refractivity contribution in [1.82, 2.24) is 40.0 Å². The fourth-order valence-corrected chi connectivity index (χ4v) is 8.38. The first-order chi connectivity index (χ1) is 26.1. The normalized spacial score (nSPS) is 21.8. The molecule has 2 saturated heterocycles. The number of likely N-dealkylation sites (tertiary alicyclic amines) is 2. The SMILES string of the molecule is COC(=O)N[C@@H](C)C(=O)N1CCC[C@H]1c1ncc(-c2ccc(-c3ccc(-c4cnc([C@@H]5CCCN5C(=O)[C@H]5CCCC[C@H]5N(C)C(=O)O)[nH]4)cc3)cc2)[nH]1. The molecule has 4 N–H and O–H groups in total. The summed E-state index contributed by atoms with van der Waals surface area (Å²) in [5, 5.41) is 12.2. The van der Waals surface area contributed by atoms with Gasteiger partial charge >= 0.3 is 12.2 Å². The highest BCUT2D eigenvalue weighted by Crippen LogP contribution is 2.37. The first kappa shape index (κ1) is 36.7. The van der Waals surface area contributed by atoms with Crippen LogP contribution in [0.4, 0.5) is 9.59 Å². The van der Waals surface area contributed by atoms with E-state index in [4.69, 9.17) is 4.98 Å². The molecule has 7 rings (SSSR count). The number of methoxy groups -OCH3 is 1. The Bertz CT molecular complexity index is 1970. The Hall–Kier alpha value is -5.66. The lowest BCUT2D eigenvalue weighted by atomic mass is 9.82. The summed E-state index contributed by atoms with van der Waals surface area (Å²) in [7, 11) is 2.84. The van der Waals surface area contributed by atoms with Gasteiger partial charge < -0.3 is 39.8 Å². The largest absolute Gasteiger partial charge is 0.465 e. The van der Waals surface area contributed by atoms with Crippen LogP contribution in [-0.2, 0) is 14.3 Å². The number of rotatable bonds is 9. The zero-order valence-electron chi connectivity index (χ0n) is 31.0. The summed E-state index contributed by atoms with van der Waals surface area (Å²) >= 11 is 0. The van der Waals surface area contributed by atoms with Crippen LogP contribution in [0.1, 0.15) is 82.0 Å². The molecule has 54 heavy (non-hydrogen) atoms. The molecule has 0 radical (unpaired) electrons. The van der Waals surface area contributed by atoms with E-state index in [1.165, 1.54) is 12.0 Å². The summed E-state index contributed by atoms with van der Waals surface area (Å²) in [5.41, 5.74) is 5.81. The molecule has 0 spiro atoms. The molecule has 2 aromatic carbocycles. The molecule has 0 unspecified atom stereocenters. The number of carbonyl (C=O) groups is 4. The van der Waals surface area contributed by atoms with Crippen LogP contribution in [0.15, 0.2) is 60.9 Å². The summed E-state index contributed by atoms with van der Waals surface area (Å²) in [5.74, 6) is 1.00. The van der Waals surface area contributed by atoms with Gasteiger partial charge in [0.15, 0.2) is 0 Å². The Morgan fingerprint density at radius 3 is 1.81 bits per heavy atom. The Kier molecular flexibility index (Phi) is 10.7. The number of imidazole rings is 2. The molecule has 4 heterocycles. The molecule has 2 aliphatic heterocycles. The fourth-order valence-electron chi connectivity index (χ4n) is 8.38. The van der Waals surface area contributed by atoms with Gasteiger partial charge in [0.25, 0.3) is 0 Å². The number of hydrogen-bond acceptors (Lipinski definition) is 7. The van der Waals surface area contributed by atoms with Crippen LogP contribution in [0, 0.1) is 5.92 Å². The molecule has 0 bridgehead atoms. The van der Waals surface area contributed by atoms with Crippen LogP contribution in [0.3, 0.4) is 0 Å². The number of benzene rings is 2. The van der Waals surface area contributed by atoms with Crippen molar-refractivity contribution in [2.24, 2.45) is 5.92 Å². The maximum atomic E-state index is 13.9. The van der Waals surface area contributed by atoms with Gasteiger partial charge in [-0.2, -0.15) is 0 Å². The van der Waals surface area contributed by atoms with E-state index in [0.29, 0.717) is 25.9 Å². The predicted molar refractivity (Wildman–Crippen MR) is 201 cm³/mol. The second-order valence-electron chi connectivity index (χ2n) is 14.6. The standard InChI is InChI=1S/C40H48N8O6/c1-24(43-39(51)54-3)37(49)47-20-6-10-33(47)35-41-22-30(44-35)27-16-12-25(13-17-27)26-14-18-28(19-15-26)31-23-42-36(45-31)34-11-7-21-48(34)38(50)29-8-4-5-9-32(29)46(2)40(52)53/h12-19,22-24,29,32-34H,4-11,20-21H2,1-3H3,(H,41,44)(H,42,45)(H,43,51)(H,52,53)/t24-,29-,32+,33-,34-/m0/s1. The van der Waals surface area contributed by atoms with E-state index in [1.807, 2.05) is 23.2 Å². The number of H-pyrrole nitrogens is 2. The van der Waals surface area contributed by atoms with Gasteiger partial charge in [-0.3, -0.25) is 9.59 Å². The Labute approximate surface area is 314 Å². The third-order valence-corrected chi connectivity index (χ3v) is 11.4. The molecular weight excluding hydrogens is 688 g/mol. The number of aromatic nitrogens is 4. The average Bonchev–Trinajstić information content (AvgIpc) is 4.04. The van der Waals surface area contributed by atoms with E-state index in [9.17, 15) is 24.3 Å². The lowest BCUT2D eigenvalue weighted by Gasteiger charge is -2.38. The third kappa shape index (κ3) is 7.42. The molecule has 4 aromatic rings. The van der Waals surface area contributed by atoms with Gasteiger partial charge in [-0.15, -0.1) is 0 Å². The van der Waals surface area contributed by atoms with Crippen molar-refractivity contribution >= 4 is 24.0 Å². The average molecular weight is 737 g/mol. The van der Waals surface area contributed by atoms with E-state index < -0.39 is 18.2 Å². The van der Waals surface area contributed by atoms with Crippen molar-refractivity contribution in [2.45, 2.75) is 82.5 Å². The maximum absolute atomic E-state index is 13.9. The first-order valence-corrected chi connectivity index (χ1v) is 18.8. The third-order valence-electron chi connectivity index (χ3n) is 11.4. The Balaban J connectivity index is 0.993. The zero-order valence-corrected chi connectivity index (χ0v) is 31.0. The minimum atomic E-state index is -0.994. The summed E-state index contributed by atoms with van der Waals surface area (Å²) < 4.78 is 4.64. The molecule has 3 aliphatic rings. The summed E-state index contributed by atoms with van der Waals surface area (Å²) in [6.07, 6.45) is 8.57. The van der Waals surface area contributed by atoms with Crippen LogP contribution in [-0.4, -0.2) is 103 Å². The van der Waals surface area contributed by atoms with E-state index in [0.717, 1.165) is 83.8 Å². The number of aromatic amines is 2. The summed E-state index contributed by atoms with van der Waals surface area (Å²) in [6, 6.07) is 15.1. The van der Waals surface area contributed by atoms with Crippen LogP contribution in [0.25, 0.3) is 33.6 Å². The van der Waals surface area contributed by atoms with Crippen molar-refractivity contribution in [3.05, 3.63) is 72.6 Å².